The van der Waals surface area contributed by atoms with Crippen LogP contribution in [0.5, 0.6) is 0 Å². The first-order chi connectivity index (χ1) is 9.31. The molecule has 1 aromatic rings. The van der Waals surface area contributed by atoms with Crippen LogP contribution in [0.4, 0.5) is 17.3 Å². The fraction of sp³-hybridized carbons (Fsp3) is 0.643. The standard InChI is InChI=1S/C14H22N4O/c15-11-8-13(16-10-12-4-3-7-19-12)17-14(9-11)18-5-1-2-6-18/h8-9,12H,1-7,10H2,(H3,15,16,17). The molecular weight excluding hydrogens is 240 g/mol. The zero-order valence-corrected chi connectivity index (χ0v) is 11.3. The predicted octanol–water partition coefficient (Wildman–Crippen LogP) is 1.85. The highest BCUT2D eigenvalue weighted by atomic mass is 16.5. The molecule has 19 heavy (non-hydrogen) atoms. The molecule has 2 fully saturated rings. The van der Waals surface area contributed by atoms with E-state index in [0.29, 0.717) is 6.10 Å². The number of nitrogens with zero attached hydrogens (tertiary/aromatic N) is 2. The Labute approximate surface area is 114 Å². The van der Waals surface area contributed by atoms with E-state index in [9.17, 15) is 0 Å². The Balaban J connectivity index is 1.66. The summed E-state index contributed by atoms with van der Waals surface area (Å²) in [7, 11) is 0. The fourth-order valence-corrected chi connectivity index (χ4v) is 2.76. The van der Waals surface area contributed by atoms with Gasteiger partial charge in [0.15, 0.2) is 0 Å². The highest BCUT2D eigenvalue weighted by Gasteiger charge is 2.17. The Bertz CT molecular complexity index is 425. The maximum atomic E-state index is 5.97. The van der Waals surface area contributed by atoms with Crippen LogP contribution in [-0.4, -0.2) is 37.3 Å². The van der Waals surface area contributed by atoms with E-state index < -0.39 is 0 Å². The molecule has 3 heterocycles. The molecule has 0 aromatic carbocycles. The summed E-state index contributed by atoms with van der Waals surface area (Å²) in [6.45, 7) is 3.87. The van der Waals surface area contributed by atoms with E-state index in [4.69, 9.17) is 10.5 Å². The molecule has 0 spiro atoms. The summed E-state index contributed by atoms with van der Waals surface area (Å²) < 4.78 is 5.60. The molecule has 0 radical (unpaired) electrons. The van der Waals surface area contributed by atoms with Crippen LogP contribution in [0.2, 0.25) is 0 Å². The van der Waals surface area contributed by atoms with Gasteiger partial charge in [-0.3, -0.25) is 0 Å². The Morgan fingerprint density at radius 3 is 2.89 bits per heavy atom. The molecule has 1 aromatic heterocycles. The van der Waals surface area contributed by atoms with Crippen molar-refractivity contribution in [2.75, 3.05) is 42.2 Å². The van der Waals surface area contributed by atoms with Gasteiger partial charge in [-0.25, -0.2) is 4.98 Å². The molecule has 1 unspecified atom stereocenters. The monoisotopic (exact) mass is 262 g/mol. The quantitative estimate of drug-likeness (QED) is 0.867. The van der Waals surface area contributed by atoms with Gasteiger partial charge in [-0.15, -0.1) is 0 Å². The maximum Gasteiger partial charge on any atom is 0.133 e. The zero-order chi connectivity index (χ0) is 13.1. The van der Waals surface area contributed by atoms with Crippen LogP contribution in [0.1, 0.15) is 25.7 Å². The molecule has 0 amide bonds. The SMILES string of the molecule is Nc1cc(NCC2CCCO2)nc(N2CCCC2)c1. The van der Waals surface area contributed by atoms with E-state index in [1.165, 1.54) is 12.8 Å². The zero-order valence-electron chi connectivity index (χ0n) is 11.3. The molecule has 5 nitrogen and oxygen atoms in total. The summed E-state index contributed by atoms with van der Waals surface area (Å²) in [5.74, 6) is 1.85. The second kappa shape index (κ2) is 5.65. The number of rotatable bonds is 4. The van der Waals surface area contributed by atoms with Crippen LogP contribution in [0, 0.1) is 0 Å². The van der Waals surface area contributed by atoms with Crippen molar-refractivity contribution >= 4 is 17.3 Å². The van der Waals surface area contributed by atoms with Crippen molar-refractivity contribution < 1.29 is 4.74 Å². The lowest BCUT2D eigenvalue weighted by Crippen LogP contribution is -2.22. The van der Waals surface area contributed by atoms with E-state index in [-0.39, 0.29) is 0 Å². The summed E-state index contributed by atoms with van der Waals surface area (Å²) >= 11 is 0. The minimum atomic E-state index is 0.318. The van der Waals surface area contributed by atoms with Crippen molar-refractivity contribution in [2.24, 2.45) is 0 Å². The van der Waals surface area contributed by atoms with Gasteiger partial charge in [-0.1, -0.05) is 0 Å². The van der Waals surface area contributed by atoms with Crippen LogP contribution in [0.3, 0.4) is 0 Å². The van der Waals surface area contributed by atoms with E-state index in [1.54, 1.807) is 0 Å². The van der Waals surface area contributed by atoms with E-state index in [1.807, 2.05) is 12.1 Å². The number of nitrogens with one attached hydrogen (secondary N) is 1. The number of nitrogen functional groups attached to an aromatic ring is 1. The Morgan fingerprint density at radius 1 is 1.32 bits per heavy atom. The van der Waals surface area contributed by atoms with Crippen molar-refractivity contribution in [1.82, 2.24) is 4.98 Å². The van der Waals surface area contributed by atoms with Crippen LogP contribution in [0.15, 0.2) is 12.1 Å². The van der Waals surface area contributed by atoms with Crippen molar-refractivity contribution in [2.45, 2.75) is 31.8 Å². The second-order valence-corrected chi connectivity index (χ2v) is 5.35. The van der Waals surface area contributed by atoms with Crippen molar-refractivity contribution in [3.63, 3.8) is 0 Å². The molecule has 2 aliphatic rings. The van der Waals surface area contributed by atoms with Gasteiger partial charge in [-0.05, 0) is 25.7 Å². The van der Waals surface area contributed by atoms with Crippen LogP contribution in [0.25, 0.3) is 0 Å². The minimum Gasteiger partial charge on any atom is -0.399 e. The van der Waals surface area contributed by atoms with Crippen molar-refractivity contribution in [1.29, 1.82) is 0 Å². The third-order valence-corrected chi connectivity index (χ3v) is 3.80. The van der Waals surface area contributed by atoms with Gasteiger partial charge >= 0.3 is 0 Å². The first-order valence-electron chi connectivity index (χ1n) is 7.19. The molecule has 2 aliphatic heterocycles. The van der Waals surface area contributed by atoms with Crippen LogP contribution >= 0.6 is 0 Å². The van der Waals surface area contributed by atoms with Crippen molar-refractivity contribution in [3.8, 4) is 0 Å². The largest absolute Gasteiger partial charge is 0.399 e. The predicted molar refractivity (Wildman–Crippen MR) is 77.6 cm³/mol. The average Bonchev–Trinajstić information content (AvgIpc) is 3.09. The molecule has 3 rings (SSSR count). The van der Waals surface area contributed by atoms with Gasteiger partial charge in [0.25, 0.3) is 0 Å². The lowest BCUT2D eigenvalue weighted by atomic mass is 10.2. The van der Waals surface area contributed by atoms with E-state index in [2.05, 4.69) is 15.2 Å². The third kappa shape index (κ3) is 3.10. The van der Waals surface area contributed by atoms with E-state index in [0.717, 1.165) is 56.4 Å². The Hall–Kier alpha value is -1.49. The lowest BCUT2D eigenvalue weighted by molar-refractivity contribution is 0.120. The Morgan fingerprint density at radius 2 is 2.16 bits per heavy atom. The number of anilines is 3. The molecule has 1 atom stereocenters. The number of pyridine rings is 1. The summed E-state index contributed by atoms with van der Waals surface area (Å²) in [4.78, 5) is 6.96. The molecule has 0 saturated carbocycles. The van der Waals surface area contributed by atoms with Gasteiger partial charge in [0.2, 0.25) is 0 Å². The molecular formula is C14H22N4O. The maximum absolute atomic E-state index is 5.97. The average molecular weight is 262 g/mol. The number of aromatic nitrogens is 1. The summed E-state index contributed by atoms with van der Waals surface area (Å²) in [5, 5.41) is 3.35. The molecule has 0 bridgehead atoms. The highest BCUT2D eigenvalue weighted by molar-refractivity contribution is 5.59. The molecule has 5 heteroatoms. The van der Waals surface area contributed by atoms with Gasteiger partial charge in [0, 0.05) is 44.1 Å². The summed E-state index contributed by atoms with van der Waals surface area (Å²) in [6.07, 6.45) is 5.10. The topological polar surface area (TPSA) is 63.4 Å². The summed E-state index contributed by atoms with van der Waals surface area (Å²) in [5.41, 5.74) is 6.74. The lowest BCUT2D eigenvalue weighted by Gasteiger charge is -2.19. The fourth-order valence-electron chi connectivity index (χ4n) is 2.76. The first kappa shape index (κ1) is 12.5. The smallest absolute Gasteiger partial charge is 0.133 e. The van der Waals surface area contributed by atoms with Crippen LogP contribution < -0.4 is 16.0 Å². The summed E-state index contributed by atoms with van der Waals surface area (Å²) in [6, 6.07) is 3.86. The Kier molecular flexibility index (Phi) is 3.73. The molecule has 0 aliphatic carbocycles. The molecule has 104 valence electrons. The molecule has 3 N–H and O–H groups in total. The second-order valence-electron chi connectivity index (χ2n) is 5.35. The van der Waals surface area contributed by atoms with Gasteiger partial charge in [-0.2, -0.15) is 0 Å². The highest BCUT2D eigenvalue weighted by Crippen LogP contribution is 2.23. The minimum absolute atomic E-state index is 0.318. The van der Waals surface area contributed by atoms with Gasteiger partial charge in [0.05, 0.1) is 6.10 Å². The third-order valence-electron chi connectivity index (χ3n) is 3.80. The first-order valence-corrected chi connectivity index (χ1v) is 7.19. The van der Waals surface area contributed by atoms with E-state index >= 15 is 0 Å². The van der Waals surface area contributed by atoms with Gasteiger partial charge < -0.3 is 20.7 Å². The number of ether oxygens (including phenoxy) is 1. The normalized spacial score (nSPS) is 22.9. The molecule has 2 saturated heterocycles. The van der Waals surface area contributed by atoms with Crippen molar-refractivity contribution in [3.05, 3.63) is 12.1 Å². The number of nitrogens with two attached hydrogens (primary N) is 1. The number of hydrogen-bond donors (Lipinski definition) is 2. The number of hydrogen-bond acceptors (Lipinski definition) is 5. The van der Waals surface area contributed by atoms with Gasteiger partial charge in [0.1, 0.15) is 11.6 Å². The van der Waals surface area contributed by atoms with Crippen LogP contribution in [-0.2, 0) is 4.74 Å².